The molecule has 0 aliphatic carbocycles. The molecule has 0 spiro atoms. The Morgan fingerprint density at radius 3 is 2.65 bits per heavy atom. The summed E-state index contributed by atoms with van der Waals surface area (Å²) in [5.74, 6) is -0.368. The predicted molar refractivity (Wildman–Crippen MR) is 74.2 cm³/mol. The van der Waals surface area contributed by atoms with E-state index in [0.29, 0.717) is 10.6 Å². The second-order valence-corrected chi connectivity index (χ2v) is 6.59. The van der Waals surface area contributed by atoms with Gasteiger partial charge in [0.1, 0.15) is 5.82 Å². The van der Waals surface area contributed by atoms with E-state index in [4.69, 9.17) is 17.3 Å². The first kappa shape index (κ1) is 13.0. The SMILES string of the molecule is Cc1cc(C(N)c2ccc(Cl)cc2F)sc1Br. The van der Waals surface area contributed by atoms with Gasteiger partial charge in [0.15, 0.2) is 0 Å². The summed E-state index contributed by atoms with van der Waals surface area (Å²) in [7, 11) is 0. The van der Waals surface area contributed by atoms with E-state index in [2.05, 4.69) is 15.9 Å². The maximum absolute atomic E-state index is 13.7. The molecule has 0 aliphatic rings. The van der Waals surface area contributed by atoms with Crippen molar-refractivity contribution in [3.05, 3.63) is 54.9 Å². The van der Waals surface area contributed by atoms with E-state index in [1.54, 1.807) is 12.1 Å². The highest BCUT2D eigenvalue weighted by atomic mass is 79.9. The van der Waals surface area contributed by atoms with E-state index < -0.39 is 6.04 Å². The monoisotopic (exact) mass is 333 g/mol. The number of halogens is 3. The van der Waals surface area contributed by atoms with Crippen molar-refractivity contribution in [2.24, 2.45) is 5.73 Å². The summed E-state index contributed by atoms with van der Waals surface area (Å²) < 4.78 is 14.7. The lowest BCUT2D eigenvalue weighted by Crippen LogP contribution is -2.12. The van der Waals surface area contributed by atoms with Gasteiger partial charge in [-0.25, -0.2) is 4.39 Å². The number of hydrogen-bond donors (Lipinski definition) is 1. The van der Waals surface area contributed by atoms with E-state index in [1.807, 2.05) is 13.0 Å². The highest BCUT2D eigenvalue weighted by Gasteiger charge is 2.16. The summed E-state index contributed by atoms with van der Waals surface area (Å²) >= 11 is 10.7. The van der Waals surface area contributed by atoms with Crippen molar-refractivity contribution in [1.29, 1.82) is 0 Å². The lowest BCUT2D eigenvalue weighted by atomic mass is 10.1. The van der Waals surface area contributed by atoms with Crippen LogP contribution in [0.4, 0.5) is 4.39 Å². The Labute approximate surface area is 117 Å². The quantitative estimate of drug-likeness (QED) is 0.849. The molecule has 0 fully saturated rings. The third-order valence-corrected chi connectivity index (χ3v) is 4.94. The largest absolute Gasteiger partial charge is 0.320 e. The summed E-state index contributed by atoms with van der Waals surface area (Å²) in [6.07, 6.45) is 0. The number of aryl methyl sites for hydroxylation is 1. The second-order valence-electron chi connectivity index (χ2n) is 3.75. The smallest absolute Gasteiger partial charge is 0.129 e. The molecule has 1 unspecified atom stereocenters. The Morgan fingerprint density at radius 2 is 2.12 bits per heavy atom. The zero-order valence-electron chi connectivity index (χ0n) is 9.01. The van der Waals surface area contributed by atoms with Crippen LogP contribution in [-0.2, 0) is 0 Å². The second kappa shape index (κ2) is 5.06. The van der Waals surface area contributed by atoms with Crippen molar-refractivity contribution < 1.29 is 4.39 Å². The minimum atomic E-state index is -0.456. The number of thiophene rings is 1. The number of rotatable bonds is 2. The lowest BCUT2D eigenvalue weighted by Gasteiger charge is -2.11. The molecule has 0 amide bonds. The molecule has 1 nitrogen and oxygen atoms in total. The minimum Gasteiger partial charge on any atom is -0.320 e. The van der Waals surface area contributed by atoms with Gasteiger partial charge in [0.2, 0.25) is 0 Å². The normalized spacial score (nSPS) is 12.8. The fourth-order valence-corrected chi connectivity index (χ4v) is 3.29. The van der Waals surface area contributed by atoms with Gasteiger partial charge in [-0.15, -0.1) is 11.3 Å². The molecule has 0 saturated heterocycles. The van der Waals surface area contributed by atoms with Gasteiger partial charge >= 0.3 is 0 Å². The summed E-state index contributed by atoms with van der Waals surface area (Å²) in [4.78, 5) is 0.926. The van der Waals surface area contributed by atoms with Gasteiger partial charge in [-0.3, -0.25) is 0 Å². The molecule has 0 radical (unpaired) electrons. The average molecular weight is 335 g/mol. The molecule has 1 aromatic carbocycles. The first-order chi connectivity index (χ1) is 7.99. The first-order valence-corrected chi connectivity index (χ1v) is 6.94. The van der Waals surface area contributed by atoms with Gasteiger partial charge < -0.3 is 5.73 Å². The fraction of sp³-hybridized carbons (Fsp3) is 0.167. The lowest BCUT2D eigenvalue weighted by molar-refractivity contribution is 0.601. The van der Waals surface area contributed by atoms with Crippen LogP contribution in [0.5, 0.6) is 0 Å². The fourth-order valence-electron chi connectivity index (χ4n) is 1.54. The molecule has 2 N–H and O–H groups in total. The molecule has 0 aliphatic heterocycles. The molecule has 5 heteroatoms. The molecule has 1 atom stereocenters. The van der Waals surface area contributed by atoms with Gasteiger partial charge in [-0.2, -0.15) is 0 Å². The van der Waals surface area contributed by atoms with Crippen LogP contribution < -0.4 is 5.73 Å². The van der Waals surface area contributed by atoms with Crippen LogP contribution in [0.1, 0.15) is 22.0 Å². The molecule has 2 rings (SSSR count). The van der Waals surface area contributed by atoms with Gasteiger partial charge in [-0.05, 0) is 46.6 Å². The van der Waals surface area contributed by atoms with Gasteiger partial charge in [0.05, 0.1) is 9.83 Å². The van der Waals surface area contributed by atoms with Crippen LogP contribution in [-0.4, -0.2) is 0 Å². The molecular formula is C12H10BrClFNS. The molecule has 17 heavy (non-hydrogen) atoms. The van der Waals surface area contributed by atoms with Crippen LogP contribution >= 0.6 is 38.9 Å². The molecule has 0 bridgehead atoms. The summed E-state index contributed by atoms with van der Waals surface area (Å²) in [6, 6.07) is 6.07. The Balaban J connectivity index is 2.39. The molecular weight excluding hydrogens is 325 g/mol. The van der Waals surface area contributed by atoms with Crippen LogP contribution in [0.25, 0.3) is 0 Å². The Hall–Kier alpha value is -0.420. The Morgan fingerprint density at radius 1 is 1.41 bits per heavy atom. The standard InChI is InChI=1S/C12H10BrClFNS/c1-6-4-10(17-12(6)13)11(16)8-3-2-7(14)5-9(8)15/h2-5,11H,16H2,1H3. The molecule has 90 valence electrons. The number of nitrogens with two attached hydrogens (primary N) is 1. The van der Waals surface area contributed by atoms with Crippen molar-refractivity contribution in [1.82, 2.24) is 0 Å². The topological polar surface area (TPSA) is 26.0 Å². The van der Waals surface area contributed by atoms with Gasteiger partial charge in [0.25, 0.3) is 0 Å². The van der Waals surface area contributed by atoms with Crippen LogP contribution in [0.2, 0.25) is 5.02 Å². The maximum Gasteiger partial charge on any atom is 0.129 e. The van der Waals surface area contributed by atoms with Crippen molar-refractivity contribution in [2.75, 3.05) is 0 Å². The van der Waals surface area contributed by atoms with E-state index >= 15 is 0 Å². The summed E-state index contributed by atoms with van der Waals surface area (Å²) in [5, 5.41) is 0.377. The zero-order valence-corrected chi connectivity index (χ0v) is 12.2. The molecule has 2 aromatic rings. The van der Waals surface area contributed by atoms with Gasteiger partial charge in [0, 0.05) is 15.5 Å². The Kier molecular flexibility index (Phi) is 3.88. The summed E-state index contributed by atoms with van der Waals surface area (Å²) in [6.45, 7) is 1.98. The highest BCUT2D eigenvalue weighted by Crippen LogP contribution is 2.34. The van der Waals surface area contributed by atoms with Crippen LogP contribution in [0.15, 0.2) is 28.1 Å². The van der Waals surface area contributed by atoms with Crippen molar-refractivity contribution in [3.8, 4) is 0 Å². The highest BCUT2D eigenvalue weighted by molar-refractivity contribution is 9.11. The van der Waals surface area contributed by atoms with Gasteiger partial charge in [-0.1, -0.05) is 17.7 Å². The molecule has 0 saturated carbocycles. The van der Waals surface area contributed by atoms with E-state index in [1.165, 1.54) is 17.4 Å². The average Bonchev–Trinajstić information content (AvgIpc) is 2.58. The minimum absolute atomic E-state index is 0.368. The maximum atomic E-state index is 13.7. The first-order valence-electron chi connectivity index (χ1n) is 4.95. The van der Waals surface area contributed by atoms with E-state index in [-0.39, 0.29) is 5.82 Å². The van der Waals surface area contributed by atoms with Crippen molar-refractivity contribution >= 4 is 38.9 Å². The van der Waals surface area contributed by atoms with Crippen LogP contribution in [0.3, 0.4) is 0 Å². The van der Waals surface area contributed by atoms with E-state index in [0.717, 1.165) is 14.2 Å². The third-order valence-electron chi connectivity index (χ3n) is 2.48. The third kappa shape index (κ3) is 2.71. The summed E-state index contributed by atoms with van der Waals surface area (Å²) in [5.41, 5.74) is 7.62. The molecule has 1 aromatic heterocycles. The number of benzene rings is 1. The Bertz CT molecular complexity index is 536. The van der Waals surface area contributed by atoms with E-state index in [9.17, 15) is 4.39 Å². The predicted octanol–water partition coefficient (Wildman–Crippen LogP) is 4.66. The van der Waals surface area contributed by atoms with Crippen molar-refractivity contribution in [2.45, 2.75) is 13.0 Å². The van der Waals surface area contributed by atoms with Crippen molar-refractivity contribution in [3.63, 3.8) is 0 Å². The molecule has 1 heterocycles. The zero-order chi connectivity index (χ0) is 12.6. The van der Waals surface area contributed by atoms with Crippen LogP contribution in [0, 0.1) is 12.7 Å². The number of hydrogen-bond acceptors (Lipinski definition) is 2.